The first-order valence-electron chi connectivity index (χ1n) is 12.2. The zero-order valence-corrected chi connectivity index (χ0v) is 20.1. The highest BCUT2D eigenvalue weighted by Gasteiger charge is 2.71. The molecule has 0 aromatic heterocycles. The average Bonchev–Trinajstić information content (AvgIpc) is 3.23. The number of para-hydroxylation sites is 1. The van der Waals surface area contributed by atoms with E-state index in [4.69, 9.17) is 21.1 Å². The lowest BCUT2D eigenvalue weighted by Gasteiger charge is -2.35. The predicted molar refractivity (Wildman–Crippen MR) is 129 cm³/mol. The molecule has 1 N–H and O–H groups in total. The molecule has 1 aromatic rings. The highest BCUT2D eigenvalue weighted by Crippen LogP contribution is 2.53. The van der Waals surface area contributed by atoms with Crippen LogP contribution >= 0.6 is 11.6 Å². The molecule has 0 radical (unpaired) electrons. The number of aliphatic hydroxyl groups excluding tert-OH is 1. The third kappa shape index (κ3) is 3.97. The molecule has 186 valence electrons. The first-order chi connectivity index (χ1) is 17.0. The van der Waals surface area contributed by atoms with E-state index in [1.807, 2.05) is 18.2 Å². The van der Waals surface area contributed by atoms with E-state index >= 15 is 0 Å². The summed E-state index contributed by atoms with van der Waals surface area (Å²) in [6.45, 7) is 0.564. The number of aliphatic hydroxyl groups is 1. The van der Waals surface area contributed by atoms with E-state index < -0.39 is 35.6 Å². The van der Waals surface area contributed by atoms with Gasteiger partial charge < -0.3 is 24.4 Å². The van der Waals surface area contributed by atoms with Gasteiger partial charge in [-0.05, 0) is 37.8 Å². The Labute approximate surface area is 209 Å². The van der Waals surface area contributed by atoms with Crippen LogP contribution in [0.25, 0.3) is 0 Å². The summed E-state index contributed by atoms with van der Waals surface area (Å²) in [7, 11) is 0. The first kappa shape index (κ1) is 24.0. The number of rotatable bonds is 4. The highest BCUT2D eigenvalue weighted by molar-refractivity contribution is 6.34. The lowest BCUT2D eigenvalue weighted by atomic mass is 9.78. The number of fused-ring (bicyclic) bond motifs is 2. The molecule has 0 bridgehead atoms. The maximum atomic E-state index is 14.1. The fourth-order valence-electron chi connectivity index (χ4n) is 5.78. The van der Waals surface area contributed by atoms with Crippen LogP contribution in [0.2, 0.25) is 5.02 Å². The Morgan fingerprint density at radius 3 is 2.74 bits per heavy atom. The van der Waals surface area contributed by atoms with Crippen molar-refractivity contribution in [2.75, 3.05) is 31.2 Å². The van der Waals surface area contributed by atoms with Gasteiger partial charge in [-0.1, -0.05) is 48.0 Å². The van der Waals surface area contributed by atoms with Crippen molar-refractivity contribution in [3.05, 3.63) is 53.6 Å². The molecule has 4 aliphatic heterocycles. The number of benzene rings is 1. The first-order valence-corrected chi connectivity index (χ1v) is 12.5. The van der Waals surface area contributed by atoms with Gasteiger partial charge in [0.15, 0.2) is 0 Å². The molecule has 35 heavy (non-hydrogen) atoms. The number of esters is 1. The average molecular weight is 501 g/mol. The number of nitrogens with zero attached hydrogens (tertiary/aromatic N) is 2. The molecular weight excluding hydrogens is 472 g/mol. The van der Waals surface area contributed by atoms with Crippen LogP contribution in [0.1, 0.15) is 25.7 Å². The number of hydrogen-bond donors (Lipinski definition) is 1. The summed E-state index contributed by atoms with van der Waals surface area (Å²) in [6.07, 6.45) is 9.47. The van der Waals surface area contributed by atoms with E-state index in [1.165, 1.54) is 4.90 Å². The number of cyclic esters (lactones) is 1. The van der Waals surface area contributed by atoms with Crippen molar-refractivity contribution >= 4 is 35.1 Å². The van der Waals surface area contributed by atoms with Crippen LogP contribution in [0.5, 0.6) is 0 Å². The van der Waals surface area contributed by atoms with Gasteiger partial charge in [0.05, 0.1) is 29.3 Å². The molecule has 0 aliphatic carbocycles. The van der Waals surface area contributed by atoms with Gasteiger partial charge in [-0.2, -0.15) is 0 Å². The lowest BCUT2D eigenvalue weighted by Crippen LogP contribution is -2.55. The fraction of sp³-hybridized carbons (Fsp3) is 0.500. The Balaban J connectivity index is 1.61. The molecule has 4 aliphatic rings. The summed E-state index contributed by atoms with van der Waals surface area (Å²) in [5.74, 6) is -2.91. The van der Waals surface area contributed by atoms with E-state index in [2.05, 4.69) is 0 Å². The van der Waals surface area contributed by atoms with Crippen molar-refractivity contribution in [2.45, 2.75) is 43.4 Å². The standard InChI is InChI=1S/C26H29ClN2O6/c27-17-9-4-5-10-18(17)28-13-7-12-26-21(23(31)29(14-8-15-30)22(26)24(28)32)20-19(35-26)11-3-1-2-6-16-34-25(20)33/h3-5,7,9-12,19-22,30H,1-2,6,8,13-16H2/b11-3-/t19-,20+,21-,22?,26-/m0/s1. The van der Waals surface area contributed by atoms with Gasteiger partial charge in [0.2, 0.25) is 5.91 Å². The summed E-state index contributed by atoms with van der Waals surface area (Å²) in [4.78, 5) is 44.2. The molecule has 2 amide bonds. The SMILES string of the molecule is O=C1OCCCC/C=C\[C@@H]2O[C@]34C=CCN(c5ccccc5Cl)C(=O)C3N(CCCO)C(=O)[C@@H]4[C@H]12. The van der Waals surface area contributed by atoms with Gasteiger partial charge in [-0.3, -0.25) is 14.4 Å². The zero-order valence-electron chi connectivity index (χ0n) is 19.3. The maximum absolute atomic E-state index is 14.1. The molecule has 4 heterocycles. The number of hydrogen-bond acceptors (Lipinski definition) is 6. The number of likely N-dealkylation sites (tertiary alicyclic amines) is 1. The topological polar surface area (TPSA) is 96.4 Å². The second kappa shape index (κ2) is 9.76. The van der Waals surface area contributed by atoms with Crippen LogP contribution in [0.4, 0.5) is 5.69 Å². The van der Waals surface area contributed by atoms with Crippen LogP contribution < -0.4 is 4.90 Å². The van der Waals surface area contributed by atoms with Gasteiger partial charge >= 0.3 is 5.97 Å². The summed E-state index contributed by atoms with van der Waals surface area (Å²) in [5.41, 5.74) is -0.790. The maximum Gasteiger partial charge on any atom is 0.312 e. The fourth-order valence-corrected chi connectivity index (χ4v) is 6.02. The van der Waals surface area contributed by atoms with E-state index in [1.54, 1.807) is 35.2 Å². The predicted octanol–water partition coefficient (Wildman–Crippen LogP) is 2.49. The Bertz CT molecular complexity index is 1070. The Morgan fingerprint density at radius 2 is 1.94 bits per heavy atom. The highest BCUT2D eigenvalue weighted by atomic mass is 35.5. The number of allylic oxidation sites excluding steroid dienone is 1. The minimum absolute atomic E-state index is 0.135. The van der Waals surface area contributed by atoms with E-state index in [9.17, 15) is 19.5 Å². The molecule has 1 unspecified atom stereocenters. The second-order valence-electron chi connectivity index (χ2n) is 9.34. The van der Waals surface area contributed by atoms with Gasteiger partial charge in [0.1, 0.15) is 17.6 Å². The van der Waals surface area contributed by atoms with Crippen molar-refractivity contribution in [2.24, 2.45) is 11.8 Å². The van der Waals surface area contributed by atoms with Crippen LogP contribution in [0, 0.1) is 11.8 Å². The van der Waals surface area contributed by atoms with E-state index in [0.29, 0.717) is 17.1 Å². The van der Waals surface area contributed by atoms with Crippen molar-refractivity contribution in [3.8, 4) is 0 Å². The van der Waals surface area contributed by atoms with E-state index in [0.717, 1.165) is 19.3 Å². The largest absolute Gasteiger partial charge is 0.465 e. The van der Waals surface area contributed by atoms with Crippen molar-refractivity contribution in [1.82, 2.24) is 4.90 Å². The quantitative estimate of drug-likeness (QED) is 0.504. The molecule has 5 rings (SSSR count). The van der Waals surface area contributed by atoms with Crippen molar-refractivity contribution in [3.63, 3.8) is 0 Å². The molecule has 2 fully saturated rings. The molecule has 2 saturated heterocycles. The number of anilines is 1. The Morgan fingerprint density at radius 1 is 1.11 bits per heavy atom. The summed E-state index contributed by atoms with van der Waals surface area (Å²) in [5, 5.41) is 9.89. The van der Waals surface area contributed by atoms with Gasteiger partial charge in [-0.25, -0.2) is 0 Å². The zero-order chi connectivity index (χ0) is 24.6. The van der Waals surface area contributed by atoms with Crippen molar-refractivity contribution in [1.29, 1.82) is 0 Å². The monoisotopic (exact) mass is 500 g/mol. The number of amides is 2. The van der Waals surface area contributed by atoms with Crippen LogP contribution in [0.3, 0.4) is 0 Å². The molecule has 8 nitrogen and oxygen atoms in total. The summed E-state index contributed by atoms with van der Waals surface area (Å²) < 4.78 is 12.1. The second-order valence-corrected chi connectivity index (χ2v) is 9.75. The van der Waals surface area contributed by atoms with Gasteiger partial charge in [-0.15, -0.1) is 0 Å². The normalized spacial score (nSPS) is 33.6. The third-order valence-corrected chi connectivity index (χ3v) is 7.62. The smallest absolute Gasteiger partial charge is 0.312 e. The number of carbonyl (C=O) groups excluding carboxylic acids is 3. The minimum Gasteiger partial charge on any atom is -0.465 e. The van der Waals surface area contributed by atoms with E-state index in [-0.39, 0.29) is 38.1 Å². The number of ether oxygens (including phenoxy) is 2. The van der Waals surface area contributed by atoms with Gasteiger partial charge in [0.25, 0.3) is 5.91 Å². The number of halogens is 1. The lowest BCUT2D eigenvalue weighted by molar-refractivity contribution is -0.154. The van der Waals surface area contributed by atoms with Crippen LogP contribution in [0.15, 0.2) is 48.6 Å². The van der Waals surface area contributed by atoms with Gasteiger partial charge in [0, 0.05) is 19.7 Å². The Kier molecular flexibility index (Phi) is 6.70. The molecular formula is C26H29ClN2O6. The third-order valence-electron chi connectivity index (χ3n) is 7.30. The molecule has 0 saturated carbocycles. The minimum atomic E-state index is -1.33. The molecule has 5 atom stereocenters. The summed E-state index contributed by atoms with van der Waals surface area (Å²) >= 11 is 6.43. The number of carbonyl (C=O) groups is 3. The van der Waals surface area contributed by atoms with Crippen molar-refractivity contribution < 1.29 is 29.0 Å². The molecule has 1 spiro atoms. The molecule has 9 heteroatoms. The molecule has 1 aromatic carbocycles. The van der Waals surface area contributed by atoms with Crippen LogP contribution in [-0.2, 0) is 23.9 Å². The van der Waals surface area contributed by atoms with Crippen LogP contribution in [-0.4, -0.2) is 71.8 Å². The Hall–Kier alpha value is -2.68. The summed E-state index contributed by atoms with van der Waals surface area (Å²) in [6, 6.07) is 6.05.